The number of benzene rings is 3. The van der Waals surface area contributed by atoms with Crippen molar-refractivity contribution in [3.05, 3.63) is 120 Å². The van der Waals surface area contributed by atoms with E-state index >= 15 is 0 Å². The number of carbonyl (C=O) groups excluding carboxylic acids is 1. The van der Waals surface area contributed by atoms with Crippen LogP contribution in [0, 0.1) is 0 Å². The van der Waals surface area contributed by atoms with Gasteiger partial charge in [-0.2, -0.15) is 4.68 Å². The minimum absolute atomic E-state index is 0.254. The van der Waals surface area contributed by atoms with Gasteiger partial charge in [-0.05, 0) is 53.6 Å². The molecule has 1 N–H and O–H groups in total. The maximum absolute atomic E-state index is 13.0. The van der Waals surface area contributed by atoms with Crippen LogP contribution in [0.4, 0.5) is 22.9 Å². The standard InChI is InChI=1S/C32H33N5O/c1-6-30(38)37-29-22-32(23-12-10-16-26(20-23)35(2)3,24-13-11-17-27(21-24)36(4)5)19-18-28(29)31(34-37)33-25-14-8-7-9-15-25/h6-21H,1,22H2,2-5H3,(H,33,34). The molecule has 1 aromatic heterocycles. The lowest BCUT2D eigenvalue weighted by Gasteiger charge is -2.36. The molecule has 0 spiro atoms. The summed E-state index contributed by atoms with van der Waals surface area (Å²) in [4.78, 5) is 17.3. The number of rotatable bonds is 7. The summed E-state index contributed by atoms with van der Waals surface area (Å²) < 4.78 is 1.50. The fourth-order valence-corrected chi connectivity index (χ4v) is 5.06. The van der Waals surface area contributed by atoms with Crippen LogP contribution >= 0.6 is 0 Å². The zero-order valence-electron chi connectivity index (χ0n) is 22.3. The van der Waals surface area contributed by atoms with Crippen molar-refractivity contribution in [2.75, 3.05) is 43.3 Å². The molecule has 4 aromatic rings. The van der Waals surface area contributed by atoms with E-state index in [-0.39, 0.29) is 5.91 Å². The zero-order chi connectivity index (χ0) is 26.9. The summed E-state index contributed by atoms with van der Waals surface area (Å²) >= 11 is 0. The van der Waals surface area contributed by atoms with E-state index in [2.05, 4.69) is 82.4 Å². The number of para-hydroxylation sites is 1. The third-order valence-electron chi connectivity index (χ3n) is 7.18. The van der Waals surface area contributed by atoms with Crippen molar-refractivity contribution < 1.29 is 4.79 Å². The Morgan fingerprint density at radius 3 is 2.08 bits per heavy atom. The molecule has 0 radical (unpaired) electrons. The largest absolute Gasteiger partial charge is 0.378 e. The summed E-state index contributed by atoms with van der Waals surface area (Å²) in [6.07, 6.45) is 6.25. The van der Waals surface area contributed by atoms with Gasteiger partial charge in [-0.1, -0.05) is 61.2 Å². The summed E-state index contributed by atoms with van der Waals surface area (Å²) in [5.74, 6) is 0.394. The van der Waals surface area contributed by atoms with E-state index in [1.165, 1.54) is 10.8 Å². The number of allylic oxidation sites excluding steroid dienone is 2. The molecule has 6 nitrogen and oxygen atoms in total. The second kappa shape index (κ2) is 10.1. The summed E-state index contributed by atoms with van der Waals surface area (Å²) in [6.45, 7) is 3.73. The number of nitrogens with one attached hydrogen (secondary N) is 1. The van der Waals surface area contributed by atoms with Crippen molar-refractivity contribution in [1.29, 1.82) is 0 Å². The fraction of sp³-hybridized carbons (Fsp3) is 0.188. The van der Waals surface area contributed by atoms with Gasteiger partial charge < -0.3 is 15.1 Å². The lowest BCUT2D eigenvalue weighted by molar-refractivity contribution is 0.0950. The number of carbonyl (C=O) groups is 1. The molecule has 6 heteroatoms. The Hall–Kier alpha value is -4.58. The van der Waals surface area contributed by atoms with E-state index in [0.717, 1.165) is 39.4 Å². The molecular weight excluding hydrogens is 470 g/mol. The van der Waals surface area contributed by atoms with Crippen LogP contribution in [0.2, 0.25) is 0 Å². The molecular formula is C32H33N5O. The van der Waals surface area contributed by atoms with E-state index in [9.17, 15) is 4.79 Å². The van der Waals surface area contributed by atoms with Crippen LogP contribution in [0.15, 0.2) is 97.6 Å². The minimum Gasteiger partial charge on any atom is -0.378 e. The minimum atomic E-state index is -0.506. The van der Waals surface area contributed by atoms with Crippen LogP contribution in [-0.4, -0.2) is 43.9 Å². The molecule has 0 bridgehead atoms. The van der Waals surface area contributed by atoms with Gasteiger partial charge in [-0.25, -0.2) is 0 Å². The Morgan fingerprint density at radius 2 is 1.53 bits per heavy atom. The molecule has 38 heavy (non-hydrogen) atoms. The van der Waals surface area contributed by atoms with Crippen molar-refractivity contribution in [2.45, 2.75) is 11.8 Å². The Morgan fingerprint density at radius 1 is 0.921 bits per heavy atom. The zero-order valence-corrected chi connectivity index (χ0v) is 22.3. The summed E-state index contributed by atoms with van der Waals surface area (Å²) in [5.41, 5.74) is 6.70. The molecule has 5 rings (SSSR count). The Labute approximate surface area is 224 Å². The van der Waals surface area contributed by atoms with Gasteiger partial charge in [0, 0.05) is 62.7 Å². The first-order valence-electron chi connectivity index (χ1n) is 12.7. The average molecular weight is 504 g/mol. The third kappa shape index (κ3) is 4.50. The predicted octanol–water partition coefficient (Wildman–Crippen LogP) is 6.14. The lowest BCUT2D eigenvalue weighted by atomic mass is 9.68. The second-order valence-corrected chi connectivity index (χ2v) is 10.0. The van der Waals surface area contributed by atoms with Crippen LogP contribution in [0.3, 0.4) is 0 Å². The van der Waals surface area contributed by atoms with Gasteiger partial charge >= 0.3 is 0 Å². The monoisotopic (exact) mass is 503 g/mol. The van der Waals surface area contributed by atoms with E-state index in [1.807, 2.05) is 58.5 Å². The molecule has 0 atom stereocenters. The van der Waals surface area contributed by atoms with E-state index < -0.39 is 5.41 Å². The molecule has 0 unspecified atom stereocenters. The highest BCUT2D eigenvalue weighted by Crippen LogP contribution is 2.45. The highest BCUT2D eigenvalue weighted by Gasteiger charge is 2.39. The van der Waals surface area contributed by atoms with E-state index in [0.29, 0.717) is 12.2 Å². The number of hydrogen-bond donors (Lipinski definition) is 1. The van der Waals surface area contributed by atoms with Crippen molar-refractivity contribution in [3.63, 3.8) is 0 Å². The molecule has 0 amide bonds. The first-order chi connectivity index (χ1) is 18.3. The lowest BCUT2D eigenvalue weighted by Crippen LogP contribution is -2.33. The number of fused-ring (bicyclic) bond motifs is 1. The van der Waals surface area contributed by atoms with Crippen LogP contribution in [0.5, 0.6) is 0 Å². The molecule has 0 saturated carbocycles. The molecule has 3 aromatic carbocycles. The summed E-state index contributed by atoms with van der Waals surface area (Å²) in [7, 11) is 8.19. The van der Waals surface area contributed by atoms with Gasteiger partial charge in [0.25, 0.3) is 5.91 Å². The second-order valence-electron chi connectivity index (χ2n) is 10.0. The first-order valence-corrected chi connectivity index (χ1v) is 12.7. The van der Waals surface area contributed by atoms with Crippen LogP contribution in [-0.2, 0) is 11.8 Å². The molecule has 1 heterocycles. The number of nitrogens with zero attached hydrogens (tertiary/aromatic N) is 4. The summed E-state index contributed by atoms with van der Waals surface area (Å²) in [6, 6.07) is 27.1. The van der Waals surface area contributed by atoms with Gasteiger partial charge in [-0.3, -0.25) is 4.79 Å². The maximum Gasteiger partial charge on any atom is 0.270 e. The van der Waals surface area contributed by atoms with Gasteiger partial charge in [-0.15, -0.1) is 5.10 Å². The smallest absolute Gasteiger partial charge is 0.270 e. The fourth-order valence-electron chi connectivity index (χ4n) is 5.06. The third-order valence-corrected chi connectivity index (χ3v) is 7.18. The van der Waals surface area contributed by atoms with Gasteiger partial charge in [0.15, 0.2) is 5.82 Å². The highest BCUT2D eigenvalue weighted by molar-refractivity contribution is 5.91. The highest BCUT2D eigenvalue weighted by atomic mass is 16.2. The average Bonchev–Trinajstić information content (AvgIpc) is 3.30. The van der Waals surface area contributed by atoms with Crippen LogP contribution < -0.4 is 15.1 Å². The molecule has 0 aliphatic heterocycles. The van der Waals surface area contributed by atoms with E-state index in [4.69, 9.17) is 5.10 Å². The first kappa shape index (κ1) is 25.1. The molecule has 0 saturated heterocycles. The number of hydrogen-bond acceptors (Lipinski definition) is 5. The van der Waals surface area contributed by atoms with Crippen molar-refractivity contribution in [3.8, 4) is 0 Å². The van der Waals surface area contributed by atoms with Gasteiger partial charge in [0.2, 0.25) is 0 Å². The quantitative estimate of drug-likeness (QED) is 0.307. The normalized spacial score (nSPS) is 13.5. The summed E-state index contributed by atoms with van der Waals surface area (Å²) in [5, 5.41) is 8.12. The molecule has 1 aliphatic rings. The molecule has 192 valence electrons. The van der Waals surface area contributed by atoms with Crippen LogP contribution in [0.25, 0.3) is 6.08 Å². The SMILES string of the molecule is C=CC(=O)n1nc(Nc2ccccc2)c2c1CC(c1cccc(N(C)C)c1)(c1cccc(N(C)C)c1)C=C2. The van der Waals surface area contributed by atoms with E-state index in [1.54, 1.807) is 0 Å². The van der Waals surface area contributed by atoms with Crippen molar-refractivity contribution >= 4 is 34.9 Å². The predicted molar refractivity (Wildman–Crippen MR) is 158 cm³/mol. The molecule has 0 fully saturated rings. The maximum atomic E-state index is 13.0. The van der Waals surface area contributed by atoms with Gasteiger partial charge in [0.1, 0.15) is 0 Å². The van der Waals surface area contributed by atoms with Crippen LogP contribution in [0.1, 0.15) is 27.2 Å². The van der Waals surface area contributed by atoms with Crippen molar-refractivity contribution in [1.82, 2.24) is 9.78 Å². The topological polar surface area (TPSA) is 53.4 Å². The molecule has 1 aliphatic carbocycles. The Balaban J connectivity index is 1.72. The Bertz CT molecular complexity index is 1460. The number of aromatic nitrogens is 2. The van der Waals surface area contributed by atoms with Crippen molar-refractivity contribution in [2.24, 2.45) is 0 Å². The van der Waals surface area contributed by atoms with Gasteiger partial charge in [0.05, 0.1) is 5.69 Å². The number of anilines is 4. The Kier molecular flexibility index (Phi) is 6.64.